The Balaban J connectivity index is 2.57. The molecular formula is C12H13F4NO. The number of aryl methyl sites for hydroxylation is 1. The third kappa shape index (κ3) is 3.45. The number of hydrogen-bond acceptors (Lipinski definition) is 1. The number of hydrogen-bond donors (Lipinski definition) is 1. The van der Waals surface area contributed by atoms with Crippen LogP contribution in [0.25, 0.3) is 0 Å². The van der Waals surface area contributed by atoms with E-state index in [1.165, 1.54) is 0 Å². The van der Waals surface area contributed by atoms with Crippen molar-refractivity contribution >= 4 is 5.91 Å². The second-order valence-corrected chi connectivity index (χ2v) is 3.78. The van der Waals surface area contributed by atoms with Crippen molar-refractivity contribution in [2.45, 2.75) is 32.2 Å². The third-order valence-corrected chi connectivity index (χ3v) is 2.46. The monoisotopic (exact) mass is 263 g/mol. The first-order valence-corrected chi connectivity index (χ1v) is 5.40. The summed E-state index contributed by atoms with van der Waals surface area (Å²) in [6.07, 6.45) is -3.17. The fourth-order valence-electron chi connectivity index (χ4n) is 1.29. The van der Waals surface area contributed by atoms with Crippen molar-refractivity contribution in [3.05, 3.63) is 35.4 Å². The summed E-state index contributed by atoms with van der Waals surface area (Å²) in [4.78, 5) is 10.9. The van der Waals surface area contributed by atoms with Gasteiger partial charge in [0.1, 0.15) is 0 Å². The summed E-state index contributed by atoms with van der Waals surface area (Å²) in [5.41, 5.74) is 1.63. The van der Waals surface area contributed by atoms with Crippen LogP contribution >= 0.6 is 0 Å². The molecule has 0 spiro atoms. The molecule has 0 saturated carbocycles. The highest BCUT2D eigenvalue weighted by Gasteiger charge is 2.48. The number of carbonyl (C=O) groups is 1. The average molecular weight is 263 g/mol. The Morgan fingerprint density at radius 1 is 1.22 bits per heavy atom. The summed E-state index contributed by atoms with van der Waals surface area (Å²) in [7, 11) is 0. The van der Waals surface area contributed by atoms with Crippen LogP contribution in [-0.4, -0.2) is 18.3 Å². The van der Waals surface area contributed by atoms with Crippen LogP contribution in [0.1, 0.15) is 18.1 Å². The van der Waals surface area contributed by atoms with Gasteiger partial charge in [0, 0.05) is 6.54 Å². The lowest BCUT2D eigenvalue weighted by atomic mass is 10.1. The van der Waals surface area contributed by atoms with Crippen molar-refractivity contribution in [1.29, 1.82) is 0 Å². The quantitative estimate of drug-likeness (QED) is 0.813. The molecule has 2 nitrogen and oxygen atoms in total. The van der Waals surface area contributed by atoms with Gasteiger partial charge in [0.05, 0.1) is 0 Å². The van der Waals surface area contributed by atoms with E-state index in [9.17, 15) is 22.4 Å². The topological polar surface area (TPSA) is 29.1 Å². The van der Waals surface area contributed by atoms with Crippen molar-refractivity contribution < 1.29 is 22.4 Å². The van der Waals surface area contributed by atoms with Crippen LogP contribution in [0.3, 0.4) is 0 Å². The van der Waals surface area contributed by atoms with Gasteiger partial charge in [0.15, 0.2) is 0 Å². The molecule has 0 aromatic heterocycles. The summed E-state index contributed by atoms with van der Waals surface area (Å²) in [5, 5.41) is 1.79. The normalized spacial score (nSPS) is 11.7. The van der Waals surface area contributed by atoms with Gasteiger partial charge >= 0.3 is 12.3 Å². The molecular weight excluding hydrogens is 250 g/mol. The van der Waals surface area contributed by atoms with Gasteiger partial charge in [0.25, 0.3) is 5.91 Å². The summed E-state index contributed by atoms with van der Waals surface area (Å²) in [6.45, 7) is 1.76. The first kappa shape index (κ1) is 14.5. The Hall–Kier alpha value is -1.59. The molecule has 0 heterocycles. The van der Waals surface area contributed by atoms with Crippen LogP contribution < -0.4 is 5.32 Å². The predicted molar refractivity (Wildman–Crippen MR) is 58.6 cm³/mol. The number of benzene rings is 1. The number of amides is 1. The maximum absolute atomic E-state index is 12.6. The van der Waals surface area contributed by atoms with E-state index in [4.69, 9.17) is 0 Å². The average Bonchev–Trinajstić information content (AvgIpc) is 2.36. The molecule has 0 radical (unpaired) electrons. The summed E-state index contributed by atoms with van der Waals surface area (Å²) in [5.74, 6) is -6.61. The molecule has 0 aliphatic heterocycles. The van der Waals surface area contributed by atoms with Gasteiger partial charge in [0.2, 0.25) is 0 Å². The maximum Gasteiger partial charge on any atom is 0.383 e. The molecule has 1 aromatic rings. The Labute approximate surface area is 102 Å². The third-order valence-electron chi connectivity index (χ3n) is 2.46. The van der Waals surface area contributed by atoms with Crippen molar-refractivity contribution in [2.75, 3.05) is 0 Å². The summed E-state index contributed by atoms with van der Waals surface area (Å²) >= 11 is 0. The first-order valence-electron chi connectivity index (χ1n) is 5.40. The zero-order chi connectivity index (χ0) is 13.8. The molecule has 1 amide bonds. The van der Waals surface area contributed by atoms with Gasteiger partial charge in [-0.25, -0.2) is 8.78 Å². The smallest absolute Gasteiger partial charge is 0.347 e. The summed E-state index contributed by atoms with van der Waals surface area (Å²) in [6, 6.07) is 6.87. The SMILES string of the molecule is CCc1ccc(CNC(=O)C(F)(F)C(F)F)cc1. The van der Waals surface area contributed by atoms with E-state index in [2.05, 4.69) is 0 Å². The number of halogens is 4. The highest BCUT2D eigenvalue weighted by atomic mass is 19.3. The molecule has 0 saturated heterocycles. The van der Waals surface area contributed by atoms with Crippen molar-refractivity contribution in [1.82, 2.24) is 5.32 Å². The molecule has 0 bridgehead atoms. The van der Waals surface area contributed by atoms with Crippen molar-refractivity contribution in [3.8, 4) is 0 Å². The Morgan fingerprint density at radius 2 is 1.72 bits per heavy atom. The molecule has 100 valence electrons. The molecule has 0 unspecified atom stereocenters. The highest BCUT2D eigenvalue weighted by molar-refractivity contribution is 5.83. The van der Waals surface area contributed by atoms with E-state index in [1.54, 1.807) is 29.6 Å². The molecule has 18 heavy (non-hydrogen) atoms. The van der Waals surface area contributed by atoms with Gasteiger partial charge in [-0.1, -0.05) is 31.2 Å². The van der Waals surface area contributed by atoms with E-state index < -0.39 is 18.3 Å². The zero-order valence-corrected chi connectivity index (χ0v) is 9.72. The van der Waals surface area contributed by atoms with Gasteiger partial charge < -0.3 is 5.32 Å². The summed E-state index contributed by atoms with van der Waals surface area (Å²) < 4.78 is 49.0. The predicted octanol–water partition coefficient (Wildman–Crippen LogP) is 2.77. The van der Waals surface area contributed by atoms with Gasteiger partial charge in [-0.2, -0.15) is 8.78 Å². The lowest BCUT2D eigenvalue weighted by molar-refractivity contribution is -0.169. The number of rotatable bonds is 5. The standard InChI is InChI=1S/C12H13F4NO/c1-2-8-3-5-9(6-4-8)7-17-11(18)12(15,16)10(13)14/h3-6,10H,2,7H2,1H3,(H,17,18). The molecule has 0 aliphatic carbocycles. The van der Waals surface area contributed by atoms with E-state index >= 15 is 0 Å². The van der Waals surface area contributed by atoms with Gasteiger partial charge in [-0.15, -0.1) is 0 Å². The van der Waals surface area contributed by atoms with Crippen LogP contribution in [0.4, 0.5) is 17.6 Å². The number of nitrogens with one attached hydrogen (secondary N) is 1. The van der Waals surface area contributed by atoms with E-state index in [-0.39, 0.29) is 6.54 Å². The second-order valence-electron chi connectivity index (χ2n) is 3.78. The van der Waals surface area contributed by atoms with Crippen molar-refractivity contribution in [3.63, 3.8) is 0 Å². The first-order chi connectivity index (χ1) is 8.37. The molecule has 0 fully saturated rings. The Kier molecular flexibility index (Phi) is 4.69. The zero-order valence-electron chi connectivity index (χ0n) is 9.72. The second kappa shape index (κ2) is 5.84. The van der Waals surface area contributed by atoms with Crippen LogP contribution in [0.5, 0.6) is 0 Å². The largest absolute Gasteiger partial charge is 0.383 e. The highest BCUT2D eigenvalue weighted by Crippen LogP contribution is 2.22. The molecule has 6 heteroatoms. The van der Waals surface area contributed by atoms with E-state index in [1.807, 2.05) is 6.92 Å². The van der Waals surface area contributed by atoms with E-state index in [0.717, 1.165) is 12.0 Å². The fourth-order valence-corrected chi connectivity index (χ4v) is 1.29. The fraction of sp³-hybridized carbons (Fsp3) is 0.417. The molecule has 1 N–H and O–H groups in total. The minimum absolute atomic E-state index is 0.203. The molecule has 1 rings (SSSR count). The molecule has 0 aliphatic rings. The minimum Gasteiger partial charge on any atom is -0.347 e. The number of alkyl halides is 4. The van der Waals surface area contributed by atoms with Crippen LogP contribution in [-0.2, 0) is 17.8 Å². The molecule has 1 aromatic carbocycles. The Bertz CT molecular complexity index is 403. The number of carbonyl (C=O) groups excluding carboxylic acids is 1. The Morgan fingerprint density at radius 3 is 2.17 bits per heavy atom. The van der Waals surface area contributed by atoms with Gasteiger partial charge in [-0.3, -0.25) is 4.79 Å². The maximum atomic E-state index is 12.6. The van der Waals surface area contributed by atoms with Crippen LogP contribution in [0, 0.1) is 0 Å². The lowest BCUT2D eigenvalue weighted by Gasteiger charge is -2.14. The lowest BCUT2D eigenvalue weighted by Crippen LogP contribution is -2.44. The van der Waals surface area contributed by atoms with Crippen molar-refractivity contribution in [2.24, 2.45) is 0 Å². The van der Waals surface area contributed by atoms with Gasteiger partial charge in [-0.05, 0) is 17.5 Å². The van der Waals surface area contributed by atoms with Crippen LogP contribution in [0.2, 0.25) is 0 Å². The molecule has 0 atom stereocenters. The van der Waals surface area contributed by atoms with Crippen LogP contribution in [0.15, 0.2) is 24.3 Å². The van der Waals surface area contributed by atoms with E-state index in [0.29, 0.717) is 5.56 Å². The minimum atomic E-state index is -4.65.